The molecule has 0 radical (unpaired) electrons. The molecular formula is C102H126F6N8O20S2. The lowest BCUT2D eigenvalue weighted by Crippen LogP contribution is -2.48. The van der Waals surface area contributed by atoms with Crippen LogP contribution >= 0.6 is 0 Å². The van der Waals surface area contributed by atoms with Crippen molar-refractivity contribution < 1.29 is 119 Å². The third-order valence-corrected chi connectivity index (χ3v) is 34.4. The second-order valence-electron chi connectivity index (χ2n) is 41.3. The number of sulfonamides is 2. The number of hydrogen-bond acceptors (Lipinski definition) is 24. The summed E-state index contributed by atoms with van der Waals surface area (Å²) in [5.41, 5.74) is -3.65. The van der Waals surface area contributed by atoms with Crippen LogP contribution in [0.25, 0.3) is 44.1 Å². The number of benzene rings is 4. The number of amides is 4. The van der Waals surface area contributed by atoms with E-state index in [1.54, 1.807) is 66.2 Å². The zero-order valence-electron chi connectivity index (χ0n) is 80.2. The fourth-order valence-corrected chi connectivity index (χ4v) is 22.7. The van der Waals surface area contributed by atoms with Crippen molar-refractivity contribution in [3.63, 3.8) is 0 Å². The van der Waals surface area contributed by atoms with Crippen molar-refractivity contribution in [1.82, 2.24) is 29.2 Å². The van der Waals surface area contributed by atoms with Crippen LogP contribution in [-0.2, 0) is 77.4 Å². The van der Waals surface area contributed by atoms with E-state index in [4.69, 9.17) is 47.9 Å². The molecule has 10 aliphatic rings. The Balaban J connectivity index is 0.000000209. The molecule has 28 nitrogen and oxygen atoms in total. The Bertz CT molecular complexity index is 5550. The third-order valence-electron chi connectivity index (χ3n) is 30.1. The molecule has 16 rings (SSSR count). The quantitative estimate of drug-likeness (QED) is 0.0362. The number of fused-ring (bicyclic) bond motifs is 6. The number of methoxy groups -OCH3 is 2. The molecule has 6 aromatic rings. The van der Waals surface area contributed by atoms with Gasteiger partial charge in [-0.15, -0.1) is 0 Å². The van der Waals surface area contributed by atoms with E-state index in [0.29, 0.717) is 124 Å². The number of allylic oxidation sites excluding steroid dienone is 4. The van der Waals surface area contributed by atoms with Gasteiger partial charge in [0.15, 0.2) is 11.6 Å². The second kappa shape index (κ2) is 39.9. The normalized spacial score (nSPS) is 28.1. The van der Waals surface area contributed by atoms with Gasteiger partial charge in [0.1, 0.15) is 23.7 Å². The summed E-state index contributed by atoms with van der Waals surface area (Å²) < 4.78 is 185. The van der Waals surface area contributed by atoms with Crippen LogP contribution in [0.1, 0.15) is 185 Å². The number of ether oxygens (including phenoxy) is 8. The summed E-state index contributed by atoms with van der Waals surface area (Å²) in [5, 5.41) is 2.73. The van der Waals surface area contributed by atoms with E-state index in [2.05, 4.69) is 19.2 Å². The number of pyridine rings is 2. The number of hydrogen-bond donors (Lipinski definition) is 2. The summed E-state index contributed by atoms with van der Waals surface area (Å²) >= 11 is 0. The molecule has 36 heteroatoms. The molecular weight excluding hydrogens is 1840 g/mol. The van der Waals surface area contributed by atoms with Crippen LogP contribution in [-0.4, -0.2) is 221 Å². The van der Waals surface area contributed by atoms with E-state index in [1.165, 1.54) is 9.80 Å². The third kappa shape index (κ3) is 22.3. The van der Waals surface area contributed by atoms with E-state index in [0.717, 1.165) is 87.1 Å². The van der Waals surface area contributed by atoms with Gasteiger partial charge in [-0.3, -0.25) is 47.8 Å². The highest BCUT2D eigenvalue weighted by Crippen LogP contribution is 2.60. The summed E-state index contributed by atoms with van der Waals surface area (Å²) in [7, 11) is -5.01. The van der Waals surface area contributed by atoms with Gasteiger partial charge < -0.3 is 57.5 Å². The Kier molecular flexibility index (Phi) is 29.5. The summed E-state index contributed by atoms with van der Waals surface area (Å²) in [4.78, 5) is 133. The predicted octanol–water partition coefficient (Wildman–Crippen LogP) is 15.9. The number of morpholine rings is 2. The molecule has 6 aliphatic heterocycles. The Hall–Kier alpha value is -10.5. The standard InChI is InChI=1S/2C51H63F3N4O10S/c2*1-31-9-7-8-10-35-28-50(35,47(62)56-69(63,64)49(5)17-18-49)29-43(59)42-26-38(30-58(42)46(61)40(32(2)23-31)27-44(60)68-48(3,4)51(52,53)54)67-45-39-16-15-37(65-6)24-34(39)25-41(55-45)33-11-13-36(14-12-33)57-19-21-66-22-20-57/h2*8,10-16,24-25,31-32,35,38,40,42H,7,9,17-23,26-30H2,1-6H3,(H,56,62)/b2*10-8-/t31-,32+,35+,38?,40-,42-,50+;31-,32-,35-,38?,40+,42+,50-/m01/s1. The van der Waals surface area contributed by atoms with Gasteiger partial charge in [-0.2, -0.15) is 26.3 Å². The summed E-state index contributed by atoms with van der Waals surface area (Å²) in [6.45, 7) is 18.9. The average molecular weight is 1960 g/mol. The SMILES string of the molecule is COc1ccc2c(OC3C[C@H]4C(=O)C[C@]5(C(=O)NS(=O)(=O)C6(C)CC6)C[C@H]5/C=C\CC[C@@H](C)C[C@@H](C)[C@H](CC(=O)OC(C)(C)C(F)(F)F)C(=O)N4C3)nc(-c3ccc(N4CCOCC4)cc3)cc2c1.COc1ccc2c(OC3C[C@H]4C(=O)C[C@]5(C(=O)NS(=O)(=O)C6(C)CC6)C[C@H]5/C=C\CC[C@H](C)C[C@@H](C)[C@H](CC(=O)OC(C)(C)C(F)(F)F)C(=O)N4C3)nc(-c3ccc(N4CCOCC4)cc3)cc2c1. The van der Waals surface area contributed by atoms with E-state index in [1.807, 2.05) is 111 Å². The van der Waals surface area contributed by atoms with Crippen molar-refractivity contribution in [3.8, 4) is 45.8 Å². The van der Waals surface area contributed by atoms with Crippen molar-refractivity contribution in [3.05, 3.63) is 121 Å². The van der Waals surface area contributed by atoms with Gasteiger partial charge in [0, 0.05) is 85.1 Å². The molecule has 8 fully saturated rings. The van der Waals surface area contributed by atoms with Crippen LogP contribution < -0.4 is 38.2 Å². The van der Waals surface area contributed by atoms with Crippen molar-refractivity contribution in [2.45, 2.75) is 242 Å². The lowest BCUT2D eigenvalue weighted by atomic mass is 9.82. The number of rotatable bonds is 22. The van der Waals surface area contributed by atoms with Gasteiger partial charge in [0.2, 0.25) is 66.6 Å². The van der Waals surface area contributed by atoms with Gasteiger partial charge in [-0.05, 0) is 238 Å². The maximum absolute atomic E-state index is 15.2. The van der Waals surface area contributed by atoms with Gasteiger partial charge >= 0.3 is 24.3 Å². The first kappa shape index (κ1) is 102. The van der Waals surface area contributed by atoms with E-state index >= 15 is 9.59 Å². The average Bonchev–Trinajstić information content (AvgIpc) is 1.56. The maximum atomic E-state index is 15.2. The zero-order chi connectivity index (χ0) is 99.4. The number of ketones is 2. The Morgan fingerprint density at radius 3 is 1.19 bits per heavy atom. The van der Waals surface area contributed by atoms with Gasteiger partial charge in [0.25, 0.3) is 0 Å². The topological polar surface area (TPSA) is 341 Å². The molecule has 4 saturated carbocycles. The van der Waals surface area contributed by atoms with Crippen molar-refractivity contribution >= 4 is 100 Å². The Morgan fingerprint density at radius 2 is 0.855 bits per heavy atom. The predicted molar refractivity (Wildman–Crippen MR) is 504 cm³/mol. The molecule has 0 spiro atoms. The Labute approximate surface area is 801 Å². The van der Waals surface area contributed by atoms with Gasteiger partial charge in [-0.25, -0.2) is 26.8 Å². The van der Waals surface area contributed by atoms with Crippen molar-refractivity contribution in [2.75, 3.05) is 89.7 Å². The number of aromatic nitrogens is 2. The molecule has 2 unspecified atom stereocenters. The lowest BCUT2D eigenvalue weighted by molar-refractivity contribution is -0.257. The fourth-order valence-electron chi connectivity index (χ4n) is 20.1. The molecule has 2 N–H and O–H groups in total. The zero-order valence-corrected chi connectivity index (χ0v) is 81.8. The number of nitrogens with zero attached hydrogens (tertiary/aromatic N) is 6. The van der Waals surface area contributed by atoms with Crippen LogP contribution in [0.2, 0.25) is 0 Å². The number of alkyl halides is 6. The molecule has 4 amide bonds. The molecule has 138 heavy (non-hydrogen) atoms. The number of halogens is 6. The first-order valence-corrected chi connectivity index (χ1v) is 50.9. The smallest absolute Gasteiger partial charge is 0.427 e. The van der Waals surface area contributed by atoms with E-state index in [9.17, 15) is 71.9 Å². The van der Waals surface area contributed by atoms with Crippen LogP contribution in [0, 0.1) is 58.2 Å². The summed E-state index contributed by atoms with van der Waals surface area (Å²) in [6.07, 6.45) is -0.842. The number of carbonyl (C=O) groups is 8. The highest BCUT2D eigenvalue weighted by Gasteiger charge is 2.65. The lowest BCUT2D eigenvalue weighted by Gasteiger charge is -2.33. The highest BCUT2D eigenvalue weighted by molar-refractivity contribution is 7.92. The first-order valence-electron chi connectivity index (χ1n) is 47.9. The molecule has 0 bridgehead atoms. The molecule has 8 heterocycles. The van der Waals surface area contributed by atoms with Crippen molar-refractivity contribution in [1.29, 1.82) is 0 Å². The largest absolute Gasteiger partial charge is 0.497 e. The van der Waals surface area contributed by atoms with E-state index < -0.39 is 197 Å². The van der Waals surface area contributed by atoms with Crippen molar-refractivity contribution in [2.24, 2.45) is 58.2 Å². The second-order valence-corrected chi connectivity index (χ2v) is 45.7. The van der Waals surface area contributed by atoms with Crippen LogP contribution in [0.15, 0.2) is 121 Å². The van der Waals surface area contributed by atoms with Crippen LogP contribution in [0.4, 0.5) is 37.7 Å². The molecule has 748 valence electrons. The number of esters is 2. The Morgan fingerprint density at radius 1 is 0.500 bits per heavy atom. The van der Waals surface area contributed by atoms with Crippen LogP contribution in [0.3, 0.4) is 0 Å². The number of nitrogens with one attached hydrogen (secondary N) is 2. The van der Waals surface area contributed by atoms with E-state index in [-0.39, 0.29) is 62.4 Å². The number of Topliss-reactive ketones (excluding diaryl/α,β-unsaturated/α-hetero) is 2. The number of anilines is 2. The molecule has 4 aliphatic carbocycles. The fraction of sp³-hybridized carbons (Fsp3) is 0.588. The molecule has 2 aromatic heterocycles. The minimum absolute atomic E-state index is 0.00248. The van der Waals surface area contributed by atoms with Crippen LogP contribution in [0.5, 0.6) is 23.3 Å². The monoisotopic (exact) mass is 1960 g/mol. The summed E-state index contributed by atoms with van der Waals surface area (Å²) in [5.74, 6) is -9.02. The molecule has 4 aromatic carbocycles. The minimum atomic E-state index is -4.88. The molecule has 14 atom stereocenters. The maximum Gasteiger partial charge on any atom is 0.427 e. The van der Waals surface area contributed by atoms with Gasteiger partial charge in [-0.1, -0.05) is 76.3 Å². The summed E-state index contributed by atoms with van der Waals surface area (Å²) in [6, 6.07) is 28.2. The molecule has 4 saturated heterocycles. The highest BCUT2D eigenvalue weighted by atomic mass is 32.2. The first-order chi connectivity index (χ1) is 65.1. The minimum Gasteiger partial charge on any atom is -0.497 e. The number of carbonyl (C=O) groups excluding carboxylic acids is 8. The van der Waals surface area contributed by atoms with Gasteiger partial charge in [0.05, 0.1) is 122 Å².